The largest absolute Gasteiger partial charge is 0.489 e. The van der Waals surface area contributed by atoms with Crippen LogP contribution in [0.25, 0.3) is 0 Å². The molecule has 3 nitrogen and oxygen atoms in total. The zero-order chi connectivity index (χ0) is 15.1. The summed E-state index contributed by atoms with van der Waals surface area (Å²) in [6.07, 6.45) is 0. The van der Waals surface area contributed by atoms with Crippen LogP contribution < -0.4 is 10.1 Å². The lowest BCUT2D eigenvalue weighted by Crippen LogP contribution is -2.21. The molecular weight excluding hydrogens is 260 g/mol. The Labute approximate surface area is 126 Å². The highest BCUT2D eigenvalue weighted by Gasteiger charge is 1.99. The van der Waals surface area contributed by atoms with Crippen LogP contribution in [0.2, 0.25) is 0 Å². The first-order valence-electron chi connectivity index (χ1n) is 7.11. The van der Waals surface area contributed by atoms with Crippen LogP contribution in [0.1, 0.15) is 30.5 Å². The van der Waals surface area contributed by atoms with E-state index in [1.807, 2.05) is 30.3 Å². The molecule has 0 aliphatic carbocycles. The minimum absolute atomic E-state index is 0.471. The van der Waals surface area contributed by atoms with Gasteiger partial charge < -0.3 is 10.1 Å². The first-order chi connectivity index (χ1) is 10.2. The van der Waals surface area contributed by atoms with Crippen molar-refractivity contribution >= 4 is 0 Å². The summed E-state index contributed by atoms with van der Waals surface area (Å²) in [5.74, 6) is 0.839. The normalized spacial score (nSPS) is 10.4. The lowest BCUT2D eigenvalue weighted by molar-refractivity contribution is 0.306. The van der Waals surface area contributed by atoms with Crippen LogP contribution in [0.4, 0.5) is 0 Å². The topological polar surface area (TPSA) is 45.0 Å². The Morgan fingerprint density at radius 2 is 1.86 bits per heavy atom. The summed E-state index contributed by atoms with van der Waals surface area (Å²) in [4.78, 5) is 0. The molecule has 0 spiro atoms. The summed E-state index contributed by atoms with van der Waals surface area (Å²) in [5, 5.41) is 12.3. The van der Waals surface area contributed by atoms with Crippen LogP contribution >= 0.6 is 0 Å². The van der Waals surface area contributed by atoms with Gasteiger partial charge in [0.1, 0.15) is 12.4 Å². The Balaban J connectivity index is 1.90. The molecule has 0 unspecified atom stereocenters. The van der Waals surface area contributed by atoms with E-state index in [0.29, 0.717) is 18.2 Å². The Morgan fingerprint density at radius 1 is 1.10 bits per heavy atom. The predicted octanol–water partition coefficient (Wildman–Crippen LogP) is 3.64. The molecule has 108 valence electrons. The monoisotopic (exact) mass is 280 g/mol. The van der Waals surface area contributed by atoms with Gasteiger partial charge in [-0.15, -0.1) is 0 Å². The Bertz CT molecular complexity index is 612. The van der Waals surface area contributed by atoms with E-state index in [9.17, 15) is 0 Å². The van der Waals surface area contributed by atoms with E-state index in [2.05, 4.69) is 37.4 Å². The molecule has 0 aliphatic rings. The van der Waals surface area contributed by atoms with Crippen LogP contribution in [0.3, 0.4) is 0 Å². The van der Waals surface area contributed by atoms with Crippen LogP contribution in [-0.2, 0) is 13.2 Å². The fourth-order valence-electron chi connectivity index (χ4n) is 1.92. The van der Waals surface area contributed by atoms with E-state index in [1.165, 1.54) is 5.56 Å². The summed E-state index contributed by atoms with van der Waals surface area (Å²) in [5.41, 5.74) is 2.90. The van der Waals surface area contributed by atoms with Gasteiger partial charge in [0.2, 0.25) is 0 Å². The van der Waals surface area contributed by atoms with Crippen molar-refractivity contribution in [2.24, 2.45) is 0 Å². The van der Waals surface area contributed by atoms with Gasteiger partial charge in [-0.2, -0.15) is 5.26 Å². The first-order valence-corrected chi connectivity index (χ1v) is 7.11. The van der Waals surface area contributed by atoms with Gasteiger partial charge in [-0.1, -0.05) is 38.1 Å². The highest BCUT2D eigenvalue weighted by Crippen LogP contribution is 2.15. The second-order valence-corrected chi connectivity index (χ2v) is 5.28. The van der Waals surface area contributed by atoms with E-state index < -0.39 is 0 Å². The molecule has 0 aromatic heterocycles. The van der Waals surface area contributed by atoms with Gasteiger partial charge in [0.15, 0.2) is 0 Å². The number of benzene rings is 2. The molecule has 2 aromatic rings. The summed E-state index contributed by atoms with van der Waals surface area (Å²) < 4.78 is 5.74. The second-order valence-electron chi connectivity index (χ2n) is 5.28. The van der Waals surface area contributed by atoms with Gasteiger partial charge in [-0.05, 0) is 35.4 Å². The summed E-state index contributed by atoms with van der Waals surface area (Å²) >= 11 is 0. The Hall–Kier alpha value is -2.31. The van der Waals surface area contributed by atoms with Crippen molar-refractivity contribution < 1.29 is 4.74 Å². The maximum absolute atomic E-state index is 8.87. The summed E-state index contributed by atoms with van der Waals surface area (Å²) in [7, 11) is 0. The zero-order valence-electron chi connectivity index (χ0n) is 12.5. The van der Waals surface area contributed by atoms with Crippen LogP contribution in [-0.4, -0.2) is 6.04 Å². The quantitative estimate of drug-likeness (QED) is 0.878. The molecule has 2 aromatic carbocycles. The van der Waals surface area contributed by atoms with Gasteiger partial charge in [-0.3, -0.25) is 0 Å². The molecular formula is C18H20N2O. The van der Waals surface area contributed by atoms with E-state index in [0.717, 1.165) is 17.9 Å². The standard InChI is InChI=1S/C18H20N2O/c1-14(2)20-12-15-6-8-18(9-7-15)21-13-17-5-3-4-16(10-17)11-19/h3-10,14,20H,12-13H2,1-2H3. The third-order valence-electron chi connectivity index (χ3n) is 3.10. The third kappa shape index (κ3) is 4.94. The van der Waals surface area contributed by atoms with E-state index >= 15 is 0 Å². The molecule has 0 saturated heterocycles. The predicted molar refractivity (Wildman–Crippen MR) is 83.9 cm³/mol. The molecule has 0 aliphatic heterocycles. The van der Waals surface area contributed by atoms with Crippen molar-refractivity contribution in [3.63, 3.8) is 0 Å². The number of hydrogen-bond donors (Lipinski definition) is 1. The number of rotatable bonds is 6. The first kappa shape index (κ1) is 15.1. The van der Waals surface area contributed by atoms with Gasteiger partial charge in [-0.25, -0.2) is 0 Å². The average Bonchev–Trinajstić information content (AvgIpc) is 2.52. The molecule has 3 heteroatoms. The smallest absolute Gasteiger partial charge is 0.119 e. The van der Waals surface area contributed by atoms with Gasteiger partial charge >= 0.3 is 0 Å². The SMILES string of the molecule is CC(C)NCc1ccc(OCc2cccc(C#N)c2)cc1. The maximum atomic E-state index is 8.87. The molecule has 2 rings (SSSR count). The van der Waals surface area contributed by atoms with E-state index in [4.69, 9.17) is 10.00 Å². The van der Waals surface area contributed by atoms with Gasteiger partial charge in [0.05, 0.1) is 11.6 Å². The van der Waals surface area contributed by atoms with Crippen molar-refractivity contribution in [3.8, 4) is 11.8 Å². The van der Waals surface area contributed by atoms with Crippen molar-refractivity contribution in [1.29, 1.82) is 5.26 Å². The Kier molecular flexibility index (Phi) is 5.36. The van der Waals surface area contributed by atoms with Crippen molar-refractivity contribution in [2.75, 3.05) is 0 Å². The van der Waals surface area contributed by atoms with Gasteiger partial charge in [0, 0.05) is 12.6 Å². The molecule has 0 heterocycles. The van der Waals surface area contributed by atoms with E-state index in [1.54, 1.807) is 6.07 Å². The fourth-order valence-corrected chi connectivity index (χ4v) is 1.92. The molecule has 0 bridgehead atoms. The minimum Gasteiger partial charge on any atom is -0.489 e. The minimum atomic E-state index is 0.471. The van der Waals surface area contributed by atoms with Crippen molar-refractivity contribution in [3.05, 3.63) is 65.2 Å². The lowest BCUT2D eigenvalue weighted by atomic mass is 10.1. The average molecular weight is 280 g/mol. The van der Waals surface area contributed by atoms with Gasteiger partial charge in [0.25, 0.3) is 0 Å². The Morgan fingerprint density at radius 3 is 2.52 bits per heavy atom. The number of nitrogens with zero attached hydrogens (tertiary/aromatic N) is 1. The van der Waals surface area contributed by atoms with Crippen LogP contribution in [0, 0.1) is 11.3 Å². The number of hydrogen-bond acceptors (Lipinski definition) is 3. The van der Waals surface area contributed by atoms with Crippen LogP contribution in [0.5, 0.6) is 5.75 Å². The molecule has 0 fully saturated rings. The molecule has 21 heavy (non-hydrogen) atoms. The molecule has 0 saturated carbocycles. The molecule has 0 atom stereocenters. The number of ether oxygens (including phenoxy) is 1. The molecule has 0 radical (unpaired) electrons. The fraction of sp³-hybridized carbons (Fsp3) is 0.278. The summed E-state index contributed by atoms with van der Waals surface area (Å²) in [6.45, 7) is 5.60. The van der Waals surface area contributed by atoms with Crippen LogP contribution in [0.15, 0.2) is 48.5 Å². The second kappa shape index (κ2) is 7.47. The lowest BCUT2D eigenvalue weighted by Gasteiger charge is -2.10. The number of nitrogens with one attached hydrogen (secondary N) is 1. The number of nitriles is 1. The third-order valence-corrected chi connectivity index (χ3v) is 3.10. The highest BCUT2D eigenvalue weighted by molar-refractivity contribution is 5.33. The molecule has 0 amide bonds. The zero-order valence-corrected chi connectivity index (χ0v) is 12.5. The summed E-state index contributed by atoms with van der Waals surface area (Å²) in [6, 6.07) is 18.2. The van der Waals surface area contributed by atoms with E-state index in [-0.39, 0.29) is 0 Å². The molecule has 1 N–H and O–H groups in total. The maximum Gasteiger partial charge on any atom is 0.119 e. The van der Waals surface area contributed by atoms with Crippen molar-refractivity contribution in [2.45, 2.75) is 33.0 Å². The highest BCUT2D eigenvalue weighted by atomic mass is 16.5. The van der Waals surface area contributed by atoms with Crippen molar-refractivity contribution in [1.82, 2.24) is 5.32 Å².